The maximum Gasteiger partial charge on any atom is 0.177 e. The SMILES string of the molecule is O=C(CCl)c1ccccc1CCl. The van der Waals surface area contributed by atoms with Crippen LogP contribution in [0.4, 0.5) is 0 Å². The van der Waals surface area contributed by atoms with Crippen LogP contribution in [0.5, 0.6) is 0 Å². The lowest BCUT2D eigenvalue weighted by molar-refractivity contribution is 0.102. The van der Waals surface area contributed by atoms with Gasteiger partial charge in [0.25, 0.3) is 0 Å². The molecule has 0 N–H and O–H groups in total. The van der Waals surface area contributed by atoms with Gasteiger partial charge in [0.15, 0.2) is 5.78 Å². The molecule has 1 aromatic rings. The number of carbonyl (C=O) groups is 1. The van der Waals surface area contributed by atoms with E-state index in [0.717, 1.165) is 5.56 Å². The van der Waals surface area contributed by atoms with Gasteiger partial charge >= 0.3 is 0 Å². The largest absolute Gasteiger partial charge is 0.293 e. The number of ketones is 1. The average Bonchev–Trinajstić information content (AvgIpc) is 2.16. The van der Waals surface area contributed by atoms with E-state index in [1.54, 1.807) is 12.1 Å². The van der Waals surface area contributed by atoms with Crippen molar-refractivity contribution in [1.82, 2.24) is 0 Å². The summed E-state index contributed by atoms with van der Waals surface area (Å²) in [4.78, 5) is 11.2. The van der Waals surface area contributed by atoms with E-state index in [4.69, 9.17) is 23.2 Å². The highest BCUT2D eigenvalue weighted by molar-refractivity contribution is 6.30. The van der Waals surface area contributed by atoms with Crippen molar-refractivity contribution in [3.05, 3.63) is 35.4 Å². The molecule has 0 bridgehead atoms. The molecule has 1 rings (SSSR count). The molecule has 0 aromatic heterocycles. The van der Waals surface area contributed by atoms with E-state index in [1.807, 2.05) is 12.1 Å². The Kier molecular flexibility index (Phi) is 3.57. The molecule has 0 saturated heterocycles. The van der Waals surface area contributed by atoms with Gasteiger partial charge in [0.2, 0.25) is 0 Å². The van der Waals surface area contributed by atoms with Gasteiger partial charge in [-0.25, -0.2) is 0 Å². The molecule has 12 heavy (non-hydrogen) atoms. The van der Waals surface area contributed by atoms with Crippen LogP contribution in [0, 0.1) is 0 Å². The predicted molar refractivity (Wildman–Crippen MR) is 51.0 cm³/mol. The standard InChI is InChI=1S/C9H8Cl2O/c10-5-7-3-1-2-4-8(7)9(12)6-11/h1-4H,5-6H2. The third-order valence-electron chi connectivity index (χ3n) is 1.58. The lowest BCUT2D eigenvalue weighted by Crippen LogP contribution is -2.03. The summed E-state index contributed by atoms with van der Waals surface area (Å²) in [6.45, 7) is 0. The first-order chi connectivity index (χ1) is 5.79. The van der Waals surface area contributed by atoms with Crippen LogP contribution in [0.25, 0.3) is 0 Å². The van der Waals surface area contributed by atoms with Crippen LogP contribution in [0.2, 0.25) is 0 Å². The highest BCUT2D eigenvalue weighted by Crippen LogP contribution is 2.12. The number of benzene rings is 1. The second-order valence-electron chi connectivity index (χ2n) is 2.35. The van der Waals surface area contributed by atoms with Gasteiger partial charge in [0.05, 0.1) is 5.88 Å². The summed E-state index contributed by atoms with van der Waals surface area (Å²) in [6.07, 6.45) is 0. The number of hydrogen-bond donors (Lipinski definition) is 0. The molecule has 0 saturated carbocycles. The first-order valence-corrected chi connectivity index (χ1v) is 4.59. The van der Waals surface area contributed by atoms with Gasteiger partial charge in [-0.3, -0.25) is 4.79 Å². The van der Waals surface area contributed by atoms with Crippen LogP contribution in [-0.2, 0) is 5.88 Å². The van der Waals surface area contributed by atoms with Crippen molar-refractivity contribution >= 4 is 29.0 Å². The monoisotopic (exact) mass is 202 g/mol. The molecule has 0 fully saturated rings. The summed E-state index contributed by atoms with van der Waals surface area (Å²) in [6, 6.07) is 7.22. The van der Waals surface area contributed by atoms with Crippen LogP contribution in [-0.4, -0.2) is 11.7 Å². The molecule has 0 atom stereocenters. The van der Waals surface area contributed by atoms with Gasteiger partial charge in [0.1, 0.15) is 0 Å². The van der Waals surface area contributed by atoms with E-state index in [2.05, 4.69) is 0 Å². The Balaban J connectivity index is 3.04. The highest BCUT2D eigenvalue weighted by Gasteiger charge is 2.07. The van der Waals surface area contributed by atoms with Crippen molar-refractivity contribution in [2.45, 2.75) is 5.88 Å². The van der Waals surface area contributed by atoms with E-state index < -0.39 is 0 Å². The maximum atomic E-state index is 11.2. The molecule has 0 radical (unpaired) electrons. The molecule has 0 unspecified atom stereocenters. The molecule has 64 valence electrons. The second-order valence-corrected chi connectivity index (χ2v) is 2.88. The Morgan fingerprint density at radius 3 is 2.50 bits per heavy atom. The van der Waals surface area contributed by atoms with E-state index in [9.17, 15) is 4.79 Å². The van der Waals surface area contributed by atoms with Crippen LogP contribution in [0.15, 0.2) is 24.3 Å². The Morgan fingerprint density at radius 2 is 1.92 bits per heavy atom. The minimum absolute atomic E-state index is 0.00784. The van der Waals surface area contributed by atoms with Gasteiger partial charge in [-0.2, -0.15) is 0 Å². The molecular formula is C9H8Cl2O. The minimum atomic E-state index is -0.0760. The van der Waals surface area contributed by atoms with Crippen LogP contribution < -0.4 is 0 Å². The lowest BCUT2D eigenvalue weighted by atomic mass is 10.1. The summed E-state index contributed by atoms with van der Waals surface area (Å²) >= 11 is 11.1. The zero-order valence-corrected chi connectivity index (χ0v) is 7.90. The number of halogens is 2. The Labute approximate surface area is 81.3 Å². The molecule has 1 nitrogen and oxygen atoms in total. The lowest BCUT2D eigenvalue weighted by Gasteiger charge is -2.02. The van der Waals surface area contributed by atoms with Crippen molar-refractivity contribution in [3.63, 3.8) is 0 Å². The fourth-order valence-electron chi connectivity index (χ4n) is 0.981. The summed E-state index contributed by atoms with van der Waals surface area (Å²) < 4.78 is 0. The predicted octanol–water partition coefficient (Wildman–Crippen LogP) is 2.85. The van der Waals surface area contributed by atoms with E-state index >= 15 is 0 Å². The fraction of sp³-hybridized carbons (Fsp3) is 0.222. The van der Waals surface area contributed by atoms with Crippen molar-refractivity contribution < 1.29 is 4.79 Å². The van der Waals surface area contributed by atoms with Crippen LogP contribution >= 0.6 is 23.2 Å². The average molecular weight is 203 g/mol. The van der Waals surface area contributed by atoms with Crippen LogP contribution in [0.1, 0.15) is 15.9 Å². The van der Waals surface area contributed by atoms with Crippen molar-refractivity contribution in [2.24, 2.45) is 0 Å². The molecule has 1 aromatic carbocycles. The maximum absolute atomic E-state index is 11.2. The van der Waals surface area contributed by atoms with Gasteiger partial charge in [-0.05, 0) is 5.56 Å². The van der Waals surface area contributed by atoms with E-state index in [-0.39, 0.29) is 11.7 Å². The third-order valence-corrected chi connectivity index (χ3v) is 2.11. The fourth-order valence-corrected chi connectivity index (χ4v) is 1.36. The van der Waals surface area contributed by atoms with E-state index in [0.29, 0.717) is 11.4 Å². The first-order valence-electron chi connectivity index (χ1n) is 3.52. The van der Waals surface area contributed by atoms with Gasteiger partial charge < -0.3 is 0 Å². The second kappa shape index (κ2) is 4.48. The van der Waals surface area contributed by atoms with Crippen molar-refractivity contribution in [3.8, 4) is 0 Å². The molecule has 0 spiro atoms. The summed E-state index contributed by atoms with van der Waals surface area (Å²) in [5, 5.41) is 0. The van der Waals surface area contributed by atoms with Crippen molar-refractivity contribution in [2.75, 3.05) is 5.88 Å². The number of carbonyl (C=O) groups excluding carboxylic acids is 1. The molecule has 0 amide bonds. The van der Waals surface area contributed by atoms with Gasteiger partial charge in [-0.15, -0.1) is 23.2 Å². The Morgan fingerprint density at radius 1 is 1.25 bits per heavy atom. The molecule has 0 heterocycles. The summed E-state index contributed by atoms with van der Waals surface area (Å²) in [7, 11) is 0. The number of rotatable bonds is 3. The Bertz CT molecular complexity index is 284. The third kappa shape index (κ3) is 1.99. The summed E-state index contributed by atoms with van der Waals surface area (Å²) in [5.41, 5.74) is 1.47. The number of Topliss-reactive ketones (excluding diaryl/α,β-unsaturated/α-hetero) is 1. The van der Waals surface area contributed by atoms with Gasteiger partial charge in [0, 0.05) is 11.4 Å². The zero-order chi connectivity index (χ0) is 8.97. The van der Waals surface area contributed by atoms with Crippen LogP contribution in [0.3, 0.4) is 0 Å². The molecule has 3 heteroatoms. The topological polar surface area (TPSA) is 17.1 Å². The smallest absolute Gasteiger partial charge is 0.177 e. The molecule has 0 aliphatic rings. The van der Waals surface area contributed by atoms with Crippen molar-refractivity contribution in [1.29, 1.82) is 0 Å². The highest BCUT2D eigenvalue weighted by atomic mass is 35.5. The molecule has 0 aliphatic heterocycles. The Hall–Kier alpha value is -0.530. The zero-order valence-electron chi connectivity index (χ0n) is 6.39. The number of alkyl halides is 2. The van der Waals surface area contributed by atoms with E-state index in [1.165, 1.54) is 0 Å². The normalized spacial score (nSPS) is 9.83. The first kappa shape index (κ1) is 9.56. The molecule has 0 aliphatic carbocycles. The molecular weight excluding hydrogens is 195 g/mol. The number of hydrogen-bond acceptors (Lipinski definition) is 1. The quantitative estimate of drug-likeness (QED) is 0.545. The minimum Gasteiger partial charge on any atom is -0.293 e. The van der Waals surface area contributed by atoms with Gasteiger partial charge in [-0.1, -0.05) is 24.3 Å². The summed E-state index contributed by atoms with van der Waals surface area (Å²) in [5.74, 6) is 0.278.